The minimum Gasteiger partial charge on any atom is -0.496 e. The van der Waals surface area contributed by atoms with Gasteiger partial charge < -0.3 is 35.0 Å². The third kappa shape index (κ3) is 8.90. The number of carbonyl (C=O) groups excluding carboxylic acids is 3. The molecule has 1 aliphatic rings. The van der Waals surface area contributed by atoms with E-state index in [2.05, 4.69) is 46.1 Å². The van der Waals surface area contributed by atoms with Crippen molar-refractivity contribution in [3.8, 4) is 16.9 Å². The fourth-order valence-corrected chi connectivity index (χ4v) is 8.47. The summed E-state index contributed by atoms with van der Waals surface area (Å²) in [6.07, 6.45) is 2.27. The molecular formula is C49H42FN5O5S2. The number of amides is 2. The van der Waals surface area contributed by atoms with E-state index in [0.717, 1.165) is 68.7 Å². The Morgan fingerprint density at radius 1 is 0.790 bits per heavy atom. The van der Waals surface area contributed by atoms with E-state index in [4.69, 9.17) is 33.9 Å². The van der Waals surface area contributed by atoms with Gasteiger partial charge in [-0.2, -0.15) is 0 Å². The van der Waals surface area contributed by atoms with Crippen molar-refractivity contribution < 1.29 is 28.2 Å². The molecule has 1 aromatic heterocycles. The summed E-state index contributed by atoms with van der Waals surface area (Å²) in [5, 5.41) is 9.14. The summed E-state index contributed by atoms with van der Waals surface area (Å²) in [7, 11) is 2.94. The van der Waals surface area contributed by atoms with Crippen molar-refractivity contribution in [2.45, 2.75) is 32.7 Å². The Morgan fingerprint density at radius 3 is 2.31 bits per heavy atom. The zero-order chi connectivity index (χ0) is 43.5. The maximum absolute atomic E-state index is 14.0. The summed E-state index contributed by atoms with van der Waals surface area (Å²) < 4.78 is 26.7. The number of benzene rings is 6. The molecule has 13 heteroatoms. The molecule has 0 radical (unpaired) electrons. The zero-order valence-electron chi connectivity index (χ0n) is 34.1. The van der Waals surface area contributed by atoms with Gasteiger partial charge in [-0.15, -0.1) is 0 Å². The summed E-state index contributed by atoms with van der Waals surface area (Å²) in [5.74, 6) is -0.894. The average Bonchev–Trinajstić information content (AvgIpc) is 3.49. The number of nitrogens with one attached hydrogen (secondary N) is 4. The molecular weight excluding hydrogens is 822 g/mol. The van der Waals surface area contributed by atoms with Crippen LogP contribution in [0.4, 0.5) is 21.5 Å². The van der Waals surface area contributed by atoms with Crippen LogP contribution in [-0.4, -0.2) is 46.5 Å². The first-order chi connectivity index (χ1) is 30.0. The number of aryl methyl sites for hydroxylation is 2. The predicted octanol–water partition coefficient (Wildman–Crippen LogP) is 10.7. The fraction of sp³-hybridized carbons (Fsp3) is 0.163. The third-order valence-corrected chi connectivity index (χ3v) is 11.9. The number of halogens is 1. The monoisotopic (exact) mass is 863 g/mol. The molecule has 10 nitrogen and oxygen atoms in total. The zero-order valence-corrected chi connectivity index (χ0v) is 35.8. The van der Waals surface area contributed by atoms with Gasteiger partial charge in [0.25, 0.3) is 11.8 Å². The van der Waals surface area contributed by atoms with Gasteiger partial charge >= 0.3 is 5.97 Å². The van der Waals surface area contributed by atoms with E-state index in [1.807, 2.05) is 47.0 Å². The number of aromatic amines is 1. The van der Waals surface area contributed by atoms with Gasteiger partial charge in [0.1, 0.15) is 11.6 Å². The van der Waals surface area contributed by atoms with Crippen LogP contribution in [0.25, 0.3) is 22.2 Å². The molecule has 0 bridgehead atoms. The van der Waals surface area contributed by atoms with Crippen molar-refractivity contribution in [3.05, 3.63) is 171 Å². The van der Waals surface area contributed by atoms with Gasteiger partial charge in [0, 0.05) is 45.2 Å². The number of hydrogen-bond acceptors (Lipinski definition) is 7. The minimum absolute atomic E-state index is 0.0306. The maximum atomic E-state index is 14.0. The van der Waals surface area contributed by atoms with E-state index in [9.17, 15) is 18.8 Å². The van der Waals surface area contributed by atoms with Crippen LogP contribution in [0.5, 0.6) is 5.75 Å². The van der Waals surface area contributed by atoms with Crippen LogP contribution in [0.15, 0.2) is 121 Å². The topological polar surface area (TPSA) is 126 Å². The number of esters is 1. The van der Waals surface area contributed by atoms with E-state index in [1.54, 1.807) is 55.6 Å². The maximum Gasteiger partial charge on any atom is 0.337 e. The number of anilines is 3. The molecule has 8 rings (SSSR count). The molecule has 0 saturated heterocycles. The highest BCUT2D eigenvalue weighted by Crippen LogP contribution is 2.35. The molecule has 4 N–H and O–H groups in total. The first kappa shape index (κ1) is 41.8. The molecule has 0 aliphatic carbocycles. The Hall–Kier alpha value is -6.96. The van der Waals surface area contributed by atoms with E-state index in [1.165, 1.54) is 19.2 Å². The number of carbonyl (C=O) groups is 3. The molecule has 0 saturated carbocycles. The number of thiocarbonyl (C=S) groups is 1. The van der Waals surface area contributed by atoms with Crippen LogP contribution in [0.1, 0.15) is 59.7 Å². The van der Waals surface area contributed by atoms with E-state index in [0.29, 0.717) is 50.8 Å². The van der Waals surface area contributed by atoms with Crippen molar-refractivity contribution in [3.63, 3.8) is 0 Å². The van der Waals surface area contributed by atoms with Crippen molar-refractivity contribution in [2.24, 2.45) is 5.92 Å². The van der Waals surface area contributed by atoms with Crippen molar-refractivity contribution in [1.82, 2.24) is 9.55 Å². The Labute approximate surface area is 368 Å². The van der Waals surface area contributed by atoms with E-state index in [-0.39, 0.29) is 17.7 Å². The Bertz CT molecular complexity index is 2980. The molecule has 0 spiro atoms. The lowest BCUT2D eigenvalue weighted by Gasteiger charge is -2.18. The molecule has 6 aromatic carbocycles. The molecule has 62 heavy (non-hydrogen) atoms. The number of imidazole rings is 1. The highest BCUT2D eigenvalue weighted by molar-refractivity contribution is 7.80. The molecule has 7 aromatic rings. The molecule has 1 atom stereocenters. The quantitative estimate of drug-likeness (QED) is 0.0748. The number of rotatable bonds is 11. The van der Waals surface area contributed by atoms with Gasteiger partial charge in [-0.25, -0.2) is 9.18 Å². The van der Waals surface area contributed by atoms with Gasteiger partial charge in [-0.1, -0.05) is 66.8 Å². The van der Waals surface area contributed by atoms with Gasteiger partial charge in [0.05, 0.1) is 42.3 Å². The molecule has 2 amide bonds. The van der Waals surface area contributed by atoms with Crippen LogP contribution in [-0.2, 0) is 24.1 Å². The SMILES string of the molecule is COC(=O)c1cccc(NC(=O)c2cc(-c3ccc(CC4CCc5ccc(C(=O)Nc6cccc(F)c6)cc5NC4=S)c(C)c3)c3[nH]c(=S)n(Cc4ccccc4OC)c3c2)c1. The first-order valence-electron chi connectivity index (χ1n) is 20.0. The Morgan fingerprint density at radius 2 is 1.55 bits per heavy atom. The number of hydrogen-bond donors (Lipinski definition) is 4. The lowest BCUT2D eigenvalue weighted by atomic mass is 9.90. The number of ether oxygens (including phenoxy) is 2. The summed E-state index contributed by atoms with van der Waals surface area (Å²) in [6, 6.07) is 35.6. The number of H-pyrrole nitrogens is 1. The Balaban J connectivity index is 1.08. The summed E-state index contributed by atoms with van der Waals surface area (Å²) in [6.45, 7) is 2.47. The minimum atomic E-state index is -0.506. The largest absolute Gasteiger partial charge is 0.496 e. The molecule has 1 aliphatic heterocycles. The molecule has 1 unspecified atom stereocenters. The number of methoxy groups -OCH3 is 2. The summed E-state index contributed by atoms with van der Waals surface area (Å²) >= 11 is 11.9. The second kappa shape index (κ2) is 17.9. The van der Waals surface area contributed by atoms with Gasteiger partial charge in [-0.3, -0.25) is 9.59 Å². The number of para-hydroxylation sites is 1. The molecule has 0 fully saturated rings. The number of aromatic nitrogens is 2. The van der Waals surface area contributed by atoms with E-state index >= 15 is 0 Å². The predicted molar refractivity (Wildman–Crippen MR) is 248 cm³/mol. The van der Waals surface area contributed by atoms with Crippen LogP contribution in [0, 0.1) is 23.4 Å². The lowest BCUT2D eigenvalue weighted by molar-refractivity contribution is 0.0600. The van der Waals surface area contributed by atoms with E-state index < -0.39 is 11.8 Å². The normalized spacial score (nSPS) is 13.4. The summed E-state index contributed by atoms with van der Waals surface area (Å²) in [4.78, 5) is 43.5. The highest BCUT2D eigenvalue weighted by Gasteiger charge is 2.24. The smallest absolute Gasteiger partial charge is 0.337 e. The average molecular weight is 864 g/mol. The van der Waals surface area contributed by atoms with Gasteiger partial charge in [0.2, 0.25) is 0 Å². The van der Waals surface area contributed by atoms with Crippen LogP contribution in [0.2, 0.25) is 0 Å². The summed E-state index contributed by atoms with van der Waals surface area (Å²) in [5.41, 5.74) is 10.1. The molecule has 2 heterocycles. The second-order valence-electron chi connectivity index (χ2n) is 15.2. The number of nitrogens with zero attached hydrogens (tertiary/aromatic N) is 1. The Kier molecular flexibility index (Phi) is 12.1. The van der Waals surface area contributed by atoms with Gasteiger partial charge in [-0.05, 0) is 127 Å². The van der Waals surface area contributed by atoms with Crippen molar-refractivity contribution >= 4 is 75.3 Å². The standard InChI is InChI=1S/C49H42FN5O5S2/c1-28-20-31(17-16-30(28)21-33-19-15-29-14-18-32(24-41(29)53-47(33)61)45(56)52-39-12-7-10-37(50)26-39)40-23-36(46(57)51-38-11-6-9-34(22-38)48(58)60-3)25-42-44(40)54-49(62)55(42)27-35-8-4-5-13-43(35)59-2/h4-14,16-18,20,22-26,33H,15,19,21,27H2,1-3H3,(H,51,57)(H,52,56)(H,53,61)(H,54,62). The second-order valence-corrected chi connectivity index (χ2v) is 16.0. The fourth-order valence-electron chi connectivity index (χ4n) is 7.89. The van der Waals surface area contributed by atoms with Crippen molar-refractivity contribution in [1.29, 1.82) is 0 Å². The van der Waals surface area contributed by atoms with Crippen LogP contribution in [0.3, 0.4) is 0 Å². The lowest BCUT2D eigenvalue weighted by Crippen LogP contribution is -2.22. The van der Waals surface area contributed by atoms with Crippen LogP contribution < -0.4 is 20.7 Å². The van der Waals surface area contributed by atoms with Crippen LogP contribution >= 0.6 is 24.4 Å². The van der Waals surface area contributed by atoms with Crippen molar-refractivity contribution in [2.75, 3.05) is 30.2 Å². The number of fused-ring (bicyclic) bond motifs is 2. The third-order valence-electron chi connectivity index (χ3n) is 11.2. The first-order valence-corrected chi connectivity index (χ1v) is 20.8. The highest BCUT2D eigenvalue weighted by atomic mass is 32.1. The molecule has 312 valence electrons. The van der Waals surface area contributed by atoms with Gasteiger partial charge in [0.15, 0.2) is 4.77 Å².